The zero-order chi connectivity index (χ0) is 26.8. The van der Waals surface area contributed by atoms with E-state index in [1.54, 1.807) is 35.2 Å². The van der Waals surface area contributed by atoms with Gasteiger partial charge in [0, 0.05) is 12.2 Å². The van der Waals surface area contributed by atoms with Crippen LogP contribution in [0.4, 0.5) is 16.2 Å². The Kier molecular flexibility index (Phi) is 9.92. The van der Waals surface area contributed by atoms with Crippen LogP contribution in [0.1, 0.15) is 34.8 Å². The van der Waals surface area contributed by atoms with E-state index in [1.165, 1.54) is 12.1 Å². The van der Waals surface area contributed by atoms with Crippen LogP contribution in [0.2, 0.25) is 5.02 Å². The highest BCUT2D eigenvalue weighted by Crippen LogP contribution is 2.24. The van der Waals surface area contributed by atoms with Gasteiger partial charge in [-0.1, -0.05) is 42.8 Å². The first-order valence-corrected chi connectivity index (χ1v) is 12.3. The smallest absolute Gasteiger partial charge is 0.335 e. The van der Waals surface area contributed by atoms with Crippen molar-refractivity contribution in [3.63, 3.8) is 0 Å². The summed E-state index contributed by atoms with van der Waals surface area (Å²) < 4.78 is 5.69. The number of carbonyl (C=O) groups is 3. The first kappa shape index (κ1) is 27.5. The number of ether oxygens (including phenoxy) is 1. The van der Waals surface area contributed by atoms with Crippen molar-refractivity contribution >= 4 is 40.9 Å². The number of carbonyl (C=O) groups excluding carboxylic acids is 2. The van der Waals surface area contributed by atoms with Crippen molar-refractivity contribution in [3.8, 4) is 5.75 Å². The summed E-state index contributed by atoms with van der Waals surface area (Å²) in [6.45, 7) is 5.14. The van der Waals surface area contributed by atoms with Gasteiger partial charge in [0.15, 0.2) is 0 Å². The fourth-order valence-corrected chi connectivity index (χ4v) is 3.89. The van der Waals surface area contributed by atoms with E-state index < -0.39 is 12.0 Å². The van der Waals surface area contributed by atoms with Gasteiger partial charge in [-0.15, -0.1) is 0 Å². The van der Waals surface area contributed by atoms with Crippen molar-refractivity contribution < 1.29 is 24.2 Å². The average Bonchev–Trinajstić information content (AvgIpc) is 2.87. The molecular formula is C28H30ClN3O5. The highest BCUT2D eigenvalue weighted by molar-refractivity contribution is 6.33. The average molecular weight is 524 g/mol. The second-order valence-corrected chi connectivity index (χ2v) is 8.85. The van der Waals surface area contributed by atoms with Crippen LogP contribution in [0.3, 0.4) is 0 Å². The Hall–Kier alpha value is -4.04. The van der Waals surface area contributed by atoms with Gasteiger partial charge in [-0.2, -0.15) is 0 Å². The molecule has 3 N–H and O–H groups in total. The summed E-state index contributed by atoms with van der Waals surface area (Å²) in [7, 11) is 0. The normalized spacial score (nSPS) is 10.5. The summed E-state index contributed by atoms with van der Waals surface area (Å²) in [6, 6.07) is 18.3. The molecule has 0 bridgehead atoms. The Balaban J connectivity index is 1.54. The molecule has 37 heavy (non-hydrogen) atoms. The maximum Gasteiger partial charge on any atom is 0.335 e. The van der Waals surface area contributed by atoms with E-state index in [0.29, 0.717) is 35.2 Å². The Morgan fingerprint density at radius 2 is 1.65 bits per heavy atom. The molecule has 0 aromatic heterocycles. The molecule has 3 aromatic carbocycles. The lowest BCUT2D eigenvalue weighted by Gasteiger charge is -2.22. The Labute approximate surface area is 221 Å². The van der Waals surface area contributed by atoms with Gasteiger partial charge in [-0.25, -0.2) is 9.59 Å². The lowest BCUT2D eigenvalue weighted by Crippen LogP contribution is -2.36. The fourth-order valence-electron chi connectivity index (χ4n) is 3.64. The molecule has 8 nitrogen and oxygen atoms in total. The third kappa shape index (κ3) is 8.25. The number of hydrogen-bond acceptors (Lipinski definition) is 4. The molecular weight excluding hydrogens is 494 g/mol. The number of aryl methyl sites for hydroxylation is 1. The molecule has 0 spiro atoms. The van der Waals surface area contributed by atoms with E-state index in [-0.39, 0.29) is 24.5 Å². The van der Waals surface area contributed by atoms with Crippen LogP contribution in [0.15, 0.2) is 66.7 Å². The number of halogens is 1. The lowest BCUT2D eigenvalue weighted by atomic mass is 10.1. The van der Waals surface area contributed by atoms with Crippen LogP contribution in [-0.2, 0) is 11.2 Å². The van der Waals surface area contributed by atoms with E-state index in [9.17, 15) is 14.4 Å². The quantitative estimate of drug-likeness (QED) is 0.292. The molecule has 0 heterocycles. The van der Waals surface area contributed by atoms with Crippen LogP contribution in [0, 0.1) is 6.92 Å². The molecule has 0 fully saturated rings. The van der Waals surface area contributed by atoms with Crippen LogP contribution >= 0.6 is 11.6 Å². The first-order valence-electron chi connectivity index (χ1n) is 11.9. The van der Waals surface area contributed by atoms with Gasteiger partial charge in [0.25, 0.3) is 0 Å². The predicted molar refractivity (Wildman–Crippen MR) is 145 cm³/mol. The van der Waals surface area contributed by atoms with Gasteiger partial charge >= 0.3 is 12.0 Å². The summed E-state index contributed by atoms with van der Waals surface area (Å²) in [4.78, 5) is 38.0. The van der Waals surface area contributed by atoms with E-state index >= 15 is 0 Å². The minimum atomic E-state index is -0.999. The van der Waals surface area contributed by atoms with Crippen LogP contribution in [-0.4, -0.2) is 47.6 Å². The number of amides is 3. The van der Waals surface area contributed by atoms with Crippen molar-refractivity contribution in [3.05, 3.63) is 88.4 Å². The molecule has 0 saturated heterocycles. The maximum absolute atomic E-state index is 13.0. The zero-order valence-electron chi connectivity index (χ0n) is 20.8. The number of hydrogen-bond donors (Lipinski definition) is 3. The molecule has 0 unspecified atom stereocenters. The van der Waals surface area contributed by atoms with Crippen molar-refractivity contribution in [2.24, 2.45) is 0 Å². The fraction of sp³-hybridized carbons (Fsp3) is 0.250. The van der Waals surface area contributed by atoms with Crippen LogP contribution < -0.4 is 15.4 Å². The van der Waals surface area contributed by atoms with Crippen molar-refractivity contribution in [1.29, 1.82) is 0 Å². The Morgan fingerprint density at radius 3 is 2.30 bits per heavy atom. The van der Waals surface area contributed by atoms with E-state index in [1.807, 2.05) is 38.1 Å². The van der Waals surface area contributed by atoms with E-state index in [0.717, 1.165) is 17.5 Å². The van der Waals surface area contributed by atoms with E-state index in [4.69, 9.17) is 21.4 Å². The second kappa shape index (κ2) is 13.3. The molecule has 194 valence electrons. The molecule has 9 heteroatoms. The van der Waals surface area contributed by atoms with Gasteiger partial charge in [-0.05, 0) is 66.9 Å². The number of carboxylic acid groups (broad SMARTS) is 1. The second-order valence-electron chi connectivity index (χ2n) is 8.44. The third-order valence-corrected chi connectivity index (χ3v) is 5.92. The van der Waals surface area contributed by atoms with Crippen LogP contribution in [0.5, 0.6) is 5.75 Å². The summed E-state index contributed by atoms with van der Waals surface area (Å²) >= 11 is 6.39. The number of para-hydroxylation sites is 1. The van der Waals surface area contributed by atoms with E-state index in [2.05, 4.69) is 10.6 Å². The van der Waals surface area contributed by atoms with Crippen LogP contribution in [0.25, 0.3) is 0 Å². The molecule has 0 aliphatic carbocycles. The molecule has 0 radical (unpaired) electrons. The third-order valence-electron chi connectivity index (χ3n) is 5.61. The SMILES string of the molecule is CCCN(CCOc1ccc(C(=O)O)cc1)C(=O)Cc1ccc(NC(=O)Nc2ccccc2C)c(Cl)c1. The monoisotopic (exact) mass is 523 g/mol. The number of benzene rings is 3. The lowest BCUT2D eigenvalue weighted by molar-refractivity contribution is -0.130. The highest BCUT2D eigenvalue weighted by atomic mass is 35.5. The molecule has 0 atom stereocenters. The van der Waals surface area contributed by atoms with Crippen molar-refractivity contribution in [2.45, 2.75) is 26.7 Å². The molecule has 0 saturated carbocycles. The number of nitrogens with one attached hydrogen (secondary N) is 2. The summed E-state index contributed by atoms with van der Waals surface area (Å²) in [5.74, 6) is -0.531. The first-order chi connectivity index (χ1) is 17.8. The number of urea groups is 1. The summed E-state index contributed by atoms with van der Waals surface area (Å²) in [6.07, 6.45) is 0.946. The van der Waals surface area contributed by atoms with Crippen molar-refractivity contribution in [1.82, 2.24) is 4.90 Å². The largest absolute Gasteiger partial charge is 0.492 e. The number of carboxylic acids is 1. The molecule has 3 aromatic rings. The molecule has 3 amide bonds. The molecule has 3 rings (SSSR count). The predicted octanol–water partition coefficient (Wildman–Crippen LogP) is 5.85. The minimum absolute atomic E-state index is 0.0688. The standard InChI is InChI=1S/C28H30ClN3O5/c1-3-14-32(15-16-37-22-11-9-21(10-12-22)27(34)35)26(33)18-20-8-13-25(23(29)17-20)31-28(36)30-24-7-5-4-6-19(24)2/h4-13,17H,3,14-16,18H2,1-2H3,(H,34,35)(H2,30,31,36). The van der Waals surface area contributed by atoms with Gasteiger partial charge < -0.3 is 25.4 Å². The Bertz CT molecular complexity index is 1250. The van der Waals surface area contributed by atoms with Gasteiger partial charge in [0.05, 0.1) is 29.2 Å². The number of nitrogens with zero attached hydrogens (tertiary/aromatic N) is 1. The van der Waals surface area contributed by atoms with Gasteiger partial charge in [0.2, 0.25) is 5.91 Å². The maximum atomic E-state index is 13.0. The van der Waals surface area contributed by atoms with Gasteiger partial charge in [-0.3, -0.25) is 4.79 Å². The summed E-state index contributed by atoms with van der Waals surface area (Å²) in [5, 5.41) is 14.8. The number of aromatic carboxylic acids is 1. The highest BCUT2D eigenvalue weighted by Gasteiger charge is 2.15. The van der Waals surface area contributed by atoms with Gasteiger partial charge in [0.1, 0.15) is 12.4 Å². The van der Waals surface area contributed by atoms with Crippen molar-refractivity contribution in [2.75, 3.05) is 30.3 Å². The Morgan fingerprint density at radius 1 is 0.946 bits per heavy atom. The molecule has 0 aliphatic rings. The molecule has 0 aliphatic heterocycles. The number of anilines is 2. The summed E-state index contributed by atoms with van der Waals surface area (Å²) in [5.41, 5.74) is 3.00. The topological polar surface area (TPSA) is 108 Å². The zero-order valence-corrected chi connectivity index (χ0v) is 21.5. The minimum Gasteiger partial charge on any atom is -0.492 e. The number of rotatable bonds is 11.